The second kappa shape index (κ2) is 4.64. The SMILES string of the molecule is OCC1CCNCC1c1cccc(O)c1. The van der Waals surface area contributed by atoms with E-state index in [1.54, 1.807) is 12.1 Å². The van der Waals surface area contributed by atoms with Gasteiger partial charge in [-0.05, 0) is 36.6 Å². The summed E-state index contributed by atoms with van der Waals surface area (Å²) in [5, 5.41) is 22.0. The zero-order valence-electron chi connectivity index (χ0n) is 8.69. The van der Waals surface area contributed by atoms with Gasteiger partial charge in [-0.2, -0.15) is 0 Å². The van der Waals surface area contributed by atoms with Crippen LogP contribution in [0.3, 0.4) is 0 Å². The number of aromatic hydroxyl groups is 1. The maximum absolute atomic E-state index is 9.42. The number of rotatable bonds is 2. The van der Waals surface area contributed by atoms with Gasteiger partial charge >= 0.3 is 0 Å². The highest BCUT2D eigenvalue weighted by Crippen LogP contribution is 2.30. The lowest BCUT2D eigenvalue weighted by molar-refractivity contribution is 0.176. The van der Waals surface area contributed by atoms with Crippen molar-refractivity contribution in [2.24, 2.45) is 5.92 Å². The van der Waals surface area contributed by atoms with E-state index in [1.165, 1.54) is 0 Å². The maximum Gasteiger partial charge on any atom is 0.115 e. The summed E-state index contributed by atoms with van der Waals surface area (Å²) in [6.07, 6.45) is 0.997. The molecule has 82 valence electrons. The first-order valence-corrected chi connectivity index (χ1v) is 5.42. The van der Waals surface area contributed by atoms with E-state index in [9.17, 15) is 10.2 Å². The Morgan fingerprint density at radius 1 is 1.40 bits per heavy atom. The van der Waals surface area contributed by atoms with Crippen LogP contribution in [0.25, 0.3) is 0 Å². The number of hydrogen-bond acceptors (Lipinski definition) is 3. The molecule has 0 radical (unpaired) electrons. The Morgan fingerprint density at radius 3 is 3.00 bits per heavy atom. The van der Waals surface area contributed by atoms with Crippen molar-refractivity contribution in [1.29, 1.82) is 0 Å². The number of piperidine rings is 1. The molecule has 1 saturated heterocycles. The molecule has 0 bridgehead atoms. The van der Waals surface area contributed by atoms with Gasteiger partial charge in [-0.25, -0.2) is 0 Å². The van der Waals surface area contributed by atoms with Crippen LogP contribution in [0.1, 0.15) is 17.9 Å². The monoisotopic (exact) mass is 207 g/mol. The van der Waals surface area contributed by atoms with Gasteiger partial charge in [0.2, 0.25) is 0 Å². The second-order valence-corrected chi connectivity index (χ2v) is 4.14. The molecule has 1 aromatic rings. The number of phenolic OH excluding ortho intramolecular Hbond substituents is 1. The molecule has 1 aliphatic rings. The molecule has 1 heterocycles. The van der Waals surface area contributed by atoms with Crippen LogP contribution in [-0.2, 0) is 0 Å². The minimum absolute atomic E-state index is 0.224. The van der Waals surface area contributed by atoms with Crippen molar-refractivity contribution in [1.82, 2.24) is 5.32 Å². The fourth-order valence-corrected chi connectivity index (χ4v) is 2.28. The molecule has 0 amide bonds. The molecule has 2 rings (SSSR count). The summed E-state index contributed by atoms with van der Waals surface area (Å²) in [5.74, 6) is 0.929. The van der Waals surface area contributed by atoms with Gasteiger partial charge in [0.1, 0.15) is 5.75 Å². The van der Waals surface area contributed by atoms with Gasteiger partial charge in [0.05, 0.1) is 0 Å². The van der Waals surface area contributed by atoms with E-state index in [-0.39, 0.29) is 6.61 Å². The number of benzene rings is 1. The van der Waals surface area contributed by atoms with Gasteiger partial charge in [-0.1, -0.05) is 12.1 Å². The Bertz CT molecular complexity index is 327. The second-order valence-electron chi connectivity index (χ2n) is 4.14. The van der Waals surface area contributed by atoms with Gasteiger partial charge in [-0.15, -0.1) is 0 Å². The Labute approximate surface area is 89.8 Å². The first-order valence-electron chi connectivity index (χ1n) is 5.42. The fourth-order valence-electron chi connectivity index (χ4n) is 2.28. The van der Waals surface area contributed by atoms with E-state index in [0.717, 1.165) is 25.1 Å². The van der Waals surface area contributed by atoms with Crippen molar-refractivity contribution in [3.05, 3.63) is 29.8 Å². The predicted molar refractivity (Wildman–Crippen MR) is 58.9 cm³/mol. The molecule has 0 spiro atoms. The lowest BCUT2D eigenvalue weighted by atomic mass is 9.82. The molecule has 1 aromatic carbocycles. The average molecular weight is 207 g/mol. The standard InChI is InChI=1S/C12H17NO2/c14-8-10-4-5-13-7-12(10)9-2-1-3-11(15)6-9/h1-3,6,10,12-15H,4-5,7-8H2. The largest absolute Gasteiger partial charge is 0.508 e. The molecule has 2 unspecified atom stereocenters. The van der Waals surface area contributed by atoms with Gasteiger partial charge < -0.3 is 15.5 Å². The van der Waals surface area contributed by atoms with E-state index in [2.05, 4.69) is 5.32 Å². The number of hydrogen-bond donors (Lipinski definition) is 3. The molecule has 3 heteroatoms. The van der Waals surface area contributed by atoms with Crippen LogP contribution in [0.15, 0.2) is 24.3 Å². The zero-order chi connectivity index (χ0) is 10.7. The smallest absolute Gasteiger partial charge is 0.115 e. The molecule has 0 aromatic heterocycles. The molecule has 15 heavy (non-hydrogen) atoms. The number of aliphatic hydroxyl groups excluding tert-OH is 1. The molecule has 1 aliphatic heterocycles. The molecule has 3 N–H and O–H groups in total. The van der Waals surface area contributed by atoms with E-state index < -0.39 is 0 Å². The lowest BCUT2D eigenvalue weighted by Crippen LogP contribution is -2.36. The Morgan fingerprint density at radius 2 is 2.27 bits per heavy atom. The quantitative estimate of drug-likeness (QED) is 0.680. The van der Waals surface area contributed by atoms with Crippen LogP contribution in [0.2, 0.25) is 0 Å². The summed E-state index contributed by atoms with van der Waals surface area (Å²) in [7, 11) is 0. The van der Waals surface area contributed by atoms with Crippen molar-refractivity contribution in [3.8, 4) is 5.75 Å². The topological polar surface area (TPSA) is 52.5 Å². The van der Waals surface area contributed by atoms with Crippen molar-refractivity contribution < 1.29 is 10.2 Å². The predicted octanol–water partition coefficient (Wildman–Crippen LogP) is 1.08. The minimum Gasteiger partial charge on any atom is -0.508 e. The number of aliphatic hydroxyl groups is 1. The molecule has 1 fully saturated rings. The van der Waals surface area contributed by atoms with E-state index in [0.29, 0.717) is 17.6 Å². The summed E-state index contributed by atoms with van der Waals surface area (Å²) in [6.45, 7) is 2.08. The van der Waals surface area contributed by atoms with Crippen LogP contribution in [0, 0.1) is 5.92 Å². The van der Waals surface area contributed by atoms with Gasteiger partial charge in [0, 0.05) is 19.1 Å². The summed E-state index contributed by atoms with van der Waals surface area (Å²) in [4.78, 5) is 0. The summed E-state index contributed by atoms with van der Waals surface area (Å²) >= 11 is 0. The molecule has 3 nitrogen and oxygen atoms in total. The Hall–Kier alpha value is -1.06. The summed E-state index contributed by atoms with van der Waals surface area (Å²) < 4.78 is 0. The van der Waals surface area contributed by atoms with Gasteiger partial charge in [0.15, 0.2) is 0 Å². The first kappa shape index (κ1) is 10.5. The van der Waals surface area contributed by atoms with Gasteiger partial charge in [0.25, 0.3) is 0 Å². The molecule has 0 aliphatic carbocycles. The maximum atomic E-state index is 9.42. The third kappa shape index (κ3) is 2.30. The third-order valence-corrected chi connectivity index (χ3v) is 3.16. The van der Waals surface area contributed by atoms with Gasteiger partial charge in [-0.3, -0.25) is 0 Å². The Kier molecular flexibility index (Phi) is 3.23. The summed E-state index contributed by atoms with van der Waals surface area (Å²) in [5.41, 5.74) is 1.11. The molecular weight excluding hydrogens is 190 g/mol. The van der Waals surface area contributed by atoms with E-state index in [1.807, 2.05) is 12.1 Å². The number of phenols is 1. The average Bonchev–Trinajstić information content (AvgIpc) is 2.29. The fraction of sp³-hybridized carbons (Fsp3) is 0.500. The minimum atomic E-state index is 0.224. The lowest BCUT2D eigenvalue weighted by Gasteiger charge is -2.31. The van der Waals surface area contributed by atoms with E-state index in [4.69, 9.17) is 0 Å². The van der Waals surface area contributed by atoms with Crippen LogP contribution in [-0.4, -0.2) is 29.9 Å². The molecular formula is C12H17NO2. The van der Waals surface area contributed by atoms with E-state index >= 15 is 0 Å². The number of nitrogens with one attached hydrogen (secondary N) is 1. The highest BCUT2D eigenvalue weighted by molar-refractivity contribution is 5.30. The first-order chi connectivity index (χ1) is 7.31. The van der Waals surface area contributed by atoms with Crippen LogP contribution < -0.4 is 5.32 Å². The van der Waals surface area contributed by atoms with Crippen LogP contribution in [0.4, 0.5) is 0 Å². The highest BCUT2D eigenvalue weighted by atomic mass is 16.3. The van der Waals surface area contributed by atoms with Crippen molar-refractivity contribution in [2.75, 3.05) is 19.7 Å². The highest BCUT2D eigenvalue weighted by Gasteiger charge is 2.25. The third-order valence-electron chi connectivity index (χ3n) is 3.16. The molecule has 2 atom stereocenters. The zero-order valence-corrected chi connectivity index (χ0v) is 8.69. The van der Waals surface area contributed by atoms with Crippen LogP contribution in [0.5, 0.6) is 5.75 Å². The normalized spacial score (nSPS) is 26.5. The molecule has 0 saturated carbocycles. The van der Waals surface area contributed by atoms with Crippen molar-refractivity contribution in [3.63, 3.8) is 0 Å². The summed E-state index contributed by atoms with van der Waals surface area (Å²) in [6, 6.07) is 7.34. The van der Waals surface area contributed by atoms with Crippen molar-refractivity contribution in [2.45, 2.75) is 12.3 Å². The van der Waals surface area contributed by atoms with Crippen molar-refractivity contribution >= 4 is 0 Å². The van der Waals surface area contributed by atoms with Crippen LogP contribution >= 0.6 is 0 Å². The Balaban J connectivity index is 2.20.